The number of aryl methyl sites for hydroxylation is 1. The molecule has 0 fully saturated rings. The molecule has 2 aromatic rings. The fourth-order valence-electron chi connectivity index (χ4n) is 1.68. The molecule has 1 N–H and O–H groups in total. The molecule has 5 heteroatoms. The summed E-state index contributed by atoms with van der Waals surface area (Å²) in [4.78, 5) is 22.1. The van der Waals surface area contributed by atoms with Crippen LogP contribution < -0.4 is 4.74 Å². The largest absolute Gasteiger partial charge is 0.478 e. The smallest absolute Gasteiger partial charge is 0.340 e. The van der Waals surface area contributed by atoms with Gasteiger partial charge >= 0.3 is 11.9 Å². The SMILES string of the molecule is CC(=O)Oc1ccc2oc(C)cc2c1C(=O)O. The second-order valence-corrected chi connectivity index (χ2v) is 3.61. The summed E-state index contributed by atoms with van der Waals surface area (Å²) < 4.78 is 10.2. The van der Waals surface area contributed by atoms with Crippen LogP contribution in [0.25, 0.3) is 11.0 Å². The van der Waals surface area contributed by atoms with Crippen molar-refractivity contribution < 1.29 is 23.8 Å². The highest BCUT2D eigenvalue weighted by Gasteiger charge is 2.19. The zero-order valence-electron chi connectivity index (χ0n) is 9.31. The third kappa shape index (κ3) is 1.99. The zero-order valence-corrected chi connectivity index (χ0v) is 9.31. The van der Waals surface area contributed by atoms with Crippen LogP contribution in [-0.4, -0.2) is 17.0 Å². The van der Waals surface area contributed by atoms with Gasteiger partial charge in [0.05, 0.1) is 0 Å². The number of aromatic carboxylic acids is 1. The predicted octanol–water partition coefficient (Wildman–Crippen LogP) is 2.36. The van der Waals surface area contributed by atoms with Crippen molar-refractivity contribution in [1.29, 1.82) is 0 Å². The summed E-state index contributed by atoms with van der Waals surface area (Å²) in [5, 5.41) is 9.58. The van der Waals surface area contributed by atoms with E-state index in [4.69, 9.17) is 14.3 Å². The van der Waals surface area contributed by atoms with Crippen LogP contribution in [-0.2, 0) is 4.79 Å². The van der Waals surface area contributed by atoms with Gasteiger partial charge in [0.2, 0.25) is 0 Å². The first-order chi connectivity index (χ1) is 7.99. The Kier molecular flexibility index (Phi) is 2.59. The molecule has 0 saturated carbocycles. The lowest BCUT2D eigenvalue weighted by Crippen LogP contribution is -2.07. The van der Waals surface area contributed by atoms with E-state index in [0.717, 1.165) is 0 Å². The van der Waals surface area contributed by atoms with Crippen molar-refractivity contribution in [3.8, 4) is 5.75 Å². The highest BCUT2D eigenvalue weighted by atomic mass is 16.5. The van der Waals surface area contributed by atoms with E-state index < -0.39 is 11.9 Å². The maximum Gasteiger partial charge on any atom is 0.340 e. The number of hydrogen-bond donors (Lipinski definition) is 1. The monoisotopic (exact) mass is 234 g/mol. The molecule has 0 aliphatic heterocycles. The molecule has 1 aromatic carbocycles. The van der Waals surface area contributed by atoms with Crippen molar-refractivity contribution in [3.63, 3.8) is 0 Å². The number of esters is 1. The average Bonchev–Trinajstić information content (AvgIpc) is 2.56. The molecule has 0 atom stereocenters. The van der Waals surface area contributed by atoms with Crippen LogP contribution in [0.3, 0.4) is 0 Å². The van der Waals surface area contributed by atoms with Gasteiger partial charge in [0.25, 0.3) is 0 Å². The Balaban J connectivity index is 2.71. The van der Waals surface area contributed by atoms with E-state index in [1.54, 1.807) is 19.1 Å². The molecule has 1 aromatic heterocycles. The van der Waals surface area contributed by atoms with Crippen molar-refractivity contribution in [2.75, 3.05) is 0 Å². The number of benzene rings is 1. The number of fused-ring (bicyclic) bond motifs is 1. The third-order valence-electron chi connectivity index (χ3n) is 2.25. The number of carboxylic acids is 1. The second-order valence-electron chi connectivity index (χ2n) is 3.61. The highest BCUT2D eigenvalue weighted by molar-refractivity contribution is 6.05. The van der Waals surface area contributed by atoms with E-state index in [0.29, 0.717) is 16.7 Å². The molecular weight excluding hydrogens is 224 g/mol. The molecule has 0 aliphatic carbocycles. The molecular formula is C12H10O5. The summed E-state index contributed by atoms with van der Waals surface area (Å²) in [6.07, 6.45) is 0. The number of hydrogen-bond acceptors (Lipinski definition) is 4. The predicted molar refractivity (Wildman–Crippen MR) is 59.2 cm³/mol. The standard InChI is InChI=1S/C12H10O5/c1-6-5-8-9(16-6)3-4-10(17-7(2)13)11(8)12(14)15/h3-5H,1-2H3,(H,14,15). The minimum atomic E-state index is -1.16. The Morgan fingerprint density at radius 2 is 2.06 bits per heavy atom. The van der Waals surface area contributed by atoms with Gasteiger partial charge in [-0.3, -0.25) is 4.79 Å². The van der Waals surface area contributed by atoms with Gasteiger partial charge in [-0.25, -0.2) is 4.79 Å². The van der Waals surface area contributed by atoms with Gasteiger partial charge in [-0.05, 0) is 25.1 Å². The van der Waals surface area contributed by atoms with Crippen molar-refractivity contribution in [2.24, 2.45) is 0 Å². The molecule has 88 valence electrons. The molecule has 0 spiro atoms. The second kappa shape index (κ2) is 3.93. The van der Waals surface area contributed by atoms with Crippen molar-refractivity contribution >= 4 is 22.9 Å². The Morgan fingerprint density at radius 3 is 2.65 bits per heavy atom. The van der Waals surface area contributed by atoms with Crippen molar-refractivity contribution in [1.82, 2.24) is 0 Å². The molecule has 0 unspecified atom stereocenters. The maximum absolute atomic E-state index is 11.2. The molecule has 0 amide bonds. The molecule has 0 aliphatic rings. The van der Waals surface area contributed by atoms with Crippen LogP contribution in [0.2, 0.25) is 0 Å². The van der Waals surface area contributed by atoms with Gasteiger partial charge in [-0.15, -0.1) is 0 Å². The fourth-order valence-corrected chi connectivity index (χ4v) is 1.68. The number of furan rings is 1. The van der Waals surface area contributed by atoms with E-state index >= 15 is 0 Å². The number of rotatable bonds is 2. The lowest BCUT2D eigenvalue weighted by atomic mass is 10.1. The summed E-state index contributed by atoms with van der Waals surface area (Å²) in [6.45, 7) is 2.94. The first-order valence-electron chi connectivity index (χ1n) is 4.94. The van der Waals surface area contributed by atoms with E-state index in [1.807, 2.05) is 0 Å². The molecule has 5 nitrogen and oxygen atoms in total. The Morgan fingerprint density at radius 1 is 1.35 bits per heavy atom. The lowest BCUT2D eigenvalue weighted by molar-refractivity contribution is -0.131. The molecule has 2 rings (SSSR count). The zero-order chi connectivity index (χ0) is 12.6. The fraction of sp³-hybridized carbons (Fsp3) is 0.167. The van der Waals surface area contributed by atoms with Gasteiger partial charge in [-0.2, -0.15) is 0 Å². The number of carbonyl (C=O) groups excluding carboxylic acids is 1. The molecule has 17 heavy (non-hydrogen) atoms. The van der Waals surface area contributed by atoms with E-state index in [9.17, 15) is 9.59 Å². The molecule has 0 saturated heterocycles. The summed E-state index contributed by atoms with van der Waals surface area (Å²) in [6, 6.07) is 4.59. The topological polar surface area (TPSA) is 76.7 Å². The Hall–Kier alpha value is -2.30. The van der Waals surface area contributed by atoms with E-state index in [1.165, 1.54) is 13.0 Å². The Labute approximate surface area is 96.6 Å². The molecule has 1 heterocycles. The summed E-state index contributed by atoms with van der Waals surface area (Å²) in [5.74, 6) is -1.10. The minimum Gasteiger partial charge on any atom is -0.478 e. The van der Waals surface area contributed by atoms with Gasteiger partial charge in [0.15, 0.2) is 0 Å². The number of ether oxygens (including phenoxy) is 1. The molecule has 0 radical (unpaired) electrons. The quantitative estimate of drug-likeness (QED) is 0.637. The summed E-state index contributed by atoms with van der Waals surface area (Å²) in [7, 11) is 0. The molecule has 0 bridgehead atoms. The van der Waals surface area contributed by atoms with Crippen LogP contribution in [0.5, 0.6) is 5.75 Å². The lowest BCUT2D eigenvalue weighted by Gasteiger charge is -2.05. The van der Waals surface area contributed by atoms with Crippen molar-refractivity contribution in [2.45, 2.75) is 13.8 Å². The average molecular weight is 234 g/mol. The van der Waals surface area contributed by atoms with E-state index in [-0.39, 0.29) is 11.3 Å². The van der Waals surface area contributed by atoms with Crippen LogP contribution in [0, 0.1) is 6.92 Å². The number of carbonyl (C=O) groups is 2. The van der Waals surface area contributed by atoms with Crippen molar-refractivity contribution in [3.05, 3.63) is 29.5 Å². The Bertz CT molecular complexity index is 609. The third-order valence-corrected chi connectivity index (χ3v) is 2.25. The first-order valence-corrected chi connectivity index (χ1v) is 4.94. The maximum atomic E-state index is 11.2. The summed E-state index contributed by atoms with van der Waals surface area (Å²) in [5.41, 5.74) is 0.394. The van der Waals surface area contributed by atoms with Gasteiger partial charge < -0.3 is 14.3 Å². The van der Waals surface area contributed by atoms with Gasteiger partial charge in [0, 0.05) is 12.3 Å². The van der Waals surface area contributed by atoms with Crippen LogP contribution >= 0.6 is 0 Å². The van der Waals surface area contributed by atoms with Crippen LogP contribution in [0.15, 0.2) is 22.6 Å². The normalized spacial score (nSPS) is 10.5. The number of carboxylic acid groups (broad SMARTS) is 1. The van der Waals surface area contributed by atoms with Crippen LogP contribution in [0.1, 0.15) is 23.0 Å². The van der Waals surface area contributed by atoms with Crippen LogP contribution in [0.4, 0.5) is 0 Å². The van der Waals surface area contributed by atoms with E-state index in [2.05, 4.69) is 0 Å². The van der Waals surface area contributed by atoms with Gasteiger partial charge in [0.1, 0.15) is 22.7 Å². The van der Waals surface area contributed by atoms with Gasteiger partial charge in [-0.1, -0.05) is 0 Å². The summed E-state index contributed by atoms with van der Waals surface area (Å²) >= 11 is 0. The minimum absolute atomic E-state index is 0.0262. The first kappa shape index (κ1) is 11.2. The highest BCUT2D eigenvalue weighted by Crippen LogP contribution is 2.30.